The third kappa shape index (κ3) is 5.47. The third-order valence-electron chi connectivity index (χ3n) is 2.92. The SMILES string of the molecule is CNCC(C)CNC(=O)CCC1CCCO1. The summed E-state index contributed by atoms with van der Waals surface area (Å²) in [6.07, 6.45) is 4.04. The lowest BCUT2D eigenvalue weighted by Crippen LogP contribution is -2.32. The summed E-state index contributed by atoms with van der Waals surface area (Å²) in [6, 6.07) is 0. The number of carbonyl (C=O) groups is 1. The molecule has 0 aliphatic carbocycles. The molecule has 1 rings (SSSR count). The predicted molar refractivity (Wildman–Crippen MR) is 64.3 cm³/mol. The van der Waals surface area contributed by atoms with E-state index in [1.54, 1.807) is 0 Å². The van der Waals surface area contributed by atoms with Gasteiger partial charge in [0.2, 0.25) is 5.91 Å². The Kier molecular flexibility index (Phi) is 6.42. The Morgan fingerprint density at radius 1 is 1.50 bits per heavy atom. The molecule has 1 amide bonds. The van der Waals surface area contributed by atoms with Crippen molar-refractivity contribution < 1.29 is 9.53 Å². The first kappa shape index (κ1) is 13.5. The predicted octanol–water partition coefficient (Wildman–Crippen LogP) is 0.917. The summed E-state index contributed by atoms with van der Waals surface area (Å²) in [4.78, 5) is 11.5. The minimum absolute atomic E-state index is 0.151. The number of rotatable bonds is 7. The van der Waals surface area contributed by atoms with Crippen LogP contribution in [0.3, 0.4) is 0 Å². The summed E-state index contributed by atoms with van der Waals surface area (Å²) in [5.41, 5.74) is 0. The molecule has 0 bridgehead atoms. The van der Waals surface area contributed by atoms with Crippen LogP contribution in [0.4, 0.5) is 0 Å². The molecule has 0 spiro atoms. The number of hydrogen-bond acceptors (Lipinski definition) is 3. The second-order valence-electron chi connectivity index (χ2n) is 4.64. The molecular weight excluding hydrogens is 204 g/mol. The van der Waals surface area contributed by atoms with Gasteiger partial charge in [0.25, 0.3) is 0 Å². The highest BCUT2D eigenvalue weighted by molar-refractivity contribution is 5.75. The molecule has 1 fully saturated rings. The Morgan fingerprint density at radius 3 is 2.94 bits per heavy atom. The molecule has 2 N–H and O–H groups in total. The first-order valence-corrected chi connectivity index (χ1v) is 6.25. The fourth-order valence-electron chi connectivity index (χ4n) is 1.96. The molecule has 16 heavy (non-hydrogen) atoms. The zero-order chi connectivity index (χ0) is 11.8. The van der Waals surface area contributed by atoms with Crippen LogP contribution in [0.2, 0.25) is 0 Å². The van der Waals surface area contributed by atoms with E-state index in [2.05, 4.69) is 17.6 Å². The molecule has 1 saturated heterocycles. The maximum absolute atomic E-state index is 11.5. The van der Waals surface area contributed by atoms with Crippen LogP contribution >= 0.6 is 0 Å². The number of carbonyl (C=O) groups excluding carboxylic acids is 1. The molecule has 2 atom stereocenters. The second kappa shape index (κ2) is 7.63. The van der Waals surface area contributed by atoms with Crippen LogP contribution in [0.15, 0.2) is 0 Å². The average molecular weight is 228 g/mol. The highest BCUT2D eigenvalue weighted by atomic mass is 16.5. The smallest absolute Gasteiger partial charge is 0.220 e. The van der Waals surface area contributed by atoms with Crippen molar-refractivity contribution in [3.63, 3.8) is 0 Å². The molecule has 1 aliphatic rings. The Labute approximate surface area is 98.1 Å². The van der Waals surface area contributed by atoms with E-state index in [-0.39, 0.29) is 5.91 Å². The van der Waals surface area contributed by atoms with Gasteiger partial charge in [0.1, 0.15) is 0 Å². The maximum atomic E-state index is 11.5. The van der Waals surface area contributed by atoms with Crippen molar-refractivity contribution in [1.82, 2.24) is 10.6 Å². The fraction of sp³-hybridized carbons (Fsp3) is 0.917. The molecule has 1 aliphatic heterocycles. The number of amides is 1. The molecule has 94 valence electrons. The lowest BCUT2D eigenvalue weighted by molar-refractivity contribution is -0.121. The summed E-state index contributed by atoms with van der Waals surface area (Å²) in [5.74, 6) is 0.634. The van der Waals surface area contributed by atoms with Crippen molar-refractivity contribution in [1.29, 1.82) is 0 Å². The zero-order valence-corrected chi connectivity index (χ0v) is 10.4. The van der Waals surface area contributed by atoms with Gasteiger partial charge < -0.3 is 15.4 Å². The summed E-state index contributed by atoms with van der Waals surface area (Å²) >= 11 is 0. The van der Waals surface area contributed by atoms with Gasteiger partial charge in [0.05, 0.1) is 6.10 Å². The second-order valence-corrected chi connectivity index (χ2v) is 4.64. The quantitative estimate of drug-likeness (QED) is 0.681. The minimum atomic E-state index is 0.151. The zero-order valence-electron chi connectivity index (χ0n) is 10.4. The Hall–Kier alpha value is -0.610. The van der Waals surface area contributed by atoms with Crippen molar-refractivity contribution in [3.8, 4) is 0 Å². The number of nitrogens with one attached hydrogen (secondary N) is 2. The standard InChI is InChI=1S/C12H24N2O2/c1-10(8-13-2)9-14-12(15)6-5-11-4-3-7-16-11/h10-11,13H,3-9H2,1-2H3,(H,14,15). The molecule has 1 heterocycles. The van der Waals surface area contributed by atoms with Crippen molar-refractivity contribution in [2.45, 2.75) is 38.7 Å². The van der Waals surface area contributed by atoms with Gasteiger partial charge in [0, 0.05) is 19.6 Å². The topological polar surface area (TPSA) is 50.4 Å². The first-order valence-electron chi connectivity index (χ1n) is 6.25. The van der Waals surface area contributed by atoms with E-state index in [0.29, 0.717) is 18.4 Å². The van der Waals surface area contributed by atoms with Crippen LogP contribution in [-0.4, -0.2) is 38.8 Å². The van der Waals surface area contributed by atoms with Crippen LogP contribution < -0.4 is 10.6 Å². The largest absolute Gasteiger partial charge is 0.378 e. The molecule has 0 radical (unpaired) electrons. The normalized spacial score (nSPS) is 22.0. The molecule has 0 aromatic heterocycles. The van der Waals surface area contributed by atoms with Crippen molar-refractivity contribution in [2.75, 3.05) is 26.7 Å². The van der Waals surface area contributed by atoms with E-state index in [0.717, 1.165) is 39.0 Å². The van der Waals surface area contributed by atoms with Gasteiger partial charge in [-0.3, -0.25) is 4.79 Å². The molecule has 2 unspecified atom stereocenters. The molecule has 0 aromatic carbocycles. The number of ether oxygens (including phenoxy) is 1. The van der Waals surface area contributed by atoms with E-state index >= 15 is 0 Å². The fourth-order valence-corrected chi connectivity index (χ4v) is 1.96. The first-order chi connectivity index (χ1) is 7.72. The monoisotopic (exact) mass is 228 g/mol. The average Bonchev–Trinajstić information content (AvgIpc) is 2.77. The Balaban J connectivity index is 2.01. The maximum Gasteiger partial charge on any atom is 0.220 e. The van der Waals surface area contributed by atoms with Gasteiger partial charge in [-0.15, -0.1) is 0 Å². The lowest BCUT2D eigenvalue weighted by Gasteiger charge is -2.13. The molecule has 0 aromatic rings. The van der Waals surface area contributed by atoms with E-state index < -0.39 is 0 Å². The van der Waals surface area contributed by atoms with Gasteiger partial charge in [-0.25, -0.2) is 0 Å². The van der Waals surface area contributed by atoms with Gasteiger partial charge in [-0.05, 0) is 38.8 Å². The van der Waals surface area contributed by atoms with Crippen molar-refractivity contribution in [2.24, 2.45) is 5.92 Å². The van der Waals surface area contributed by atoms with Crippen LogP contribution in [0, 0.1) is 5.92 Å². The summed E-state index contributed by atoms with van der Waals surface area (Å²) < 4.78 is 5.48. The molecule has 4 heteroatoms. The number of hydrogen-bond donors (Lipinski definition) is 2. The van der Waals surface area contributed by atoms with E-state index in [9.17, 15) is 4.79 Å². The summed E-state index contributed by atoms with van der Waals surface area (Å²) in [5, 5.41) is 6.05. The molecule has 0 saturated carbocycles. The highest BCUT2D eigenvalue weighted by Crippen LogP contribution is 2.16. The molecular formula is C12H24N2O2. The van der Waals surface area contributed by atoms with E-state index in [1.165, 1.54) is 0 Å². The van der Waals surface area contributed by atoms with E-state index in [4.69, 9.17) is 4.74 Å². The molecule has 4 nitrogen and oxygen atoms in total. The van der Waals surface area contributed by atoms with E-state index in [1.807, 2.05) is 7.05 Å². The third-order valence-corrected chi connectivity index (χ3v) is 2.92. The van der Waals surface area contributed by atoms with Crippen molar-refractivity contribution in [3.05, 3.63) is 0 Å². The lowest BCUT2D eigenvalue weighted by atomic mass is 10.1. The van der Waals surface area contributed by atoms with Crippen molar-refractivity contribution >= 4 is 5.91 Å². The van der Waals surface area contributed by atoms with Gasteiger partial charge in [0.15, 0.2) is 0 Å². The van der Waals surface area contributed by atoms with Crippen LogP contribution in [0.5, 0.6) is 0 Å². The summed E-state index contributed by atoms with van der Waals surface area (Å²) in [6.45, 7) is 4.68. The van der Waals surface area contributed by atoms with Gasteiger partial charge in [-0.1, -0.05) is 6.92 Å². The highest BCUT2D eigenvalue weighted by Gasteiger charge is 2.16. The van der Waals surface area contributed by atoms with Gasteiger partial charge >= 0.3 is 0 Å². The minimum Gasteiger partial charge on any atom is -0.378 e. The van der Waals surface area contributed by atoms with Crippen LogP contribution in [-0.2, 0) is 9.53 Å². The summed E-state index contributed by atoms with van der Waals surface area (Å²) in [7, 11) is 1.93. The Morgan fingerprint density at radius 2 is 2.31 bits per heavy atom. The Bertz CT molecular complexity index is 203. The van der Waals surface area contributed by atoms with Crippen LogP contribution in [0.1, 0.15) is 32.6 Å². The van der Waals surface area contributed by atoms with Gasteiger partial charge in [-0.2, -0.15) is 0 Å². The van der Waals surface area contributed by atoms with Crippen LogP contribution in [0.25, 0.3) is 0 Å².